The van der Waals surface area contributed by atoms with Gasteiger partial charge >= 0.3 is 5.97 Å². The van der Waals surface area contributed by atoms with Crippen LogP contribution in [0, 0.1) is 12.8 Å². The van der Waals surface area contributed by atoms with Gasteiger partial charge in [0.2, 0.25) is 5.76 Å². The third-order valence-corrected chi connectivity index (χ3v) is 4.43. The van der Waals surface area contributed by atoms with E-state index < -0.39 is 5.97 Å². The summed E-state index contributed by atoms with van der Waals surface area (Å²) >= 11 is 0. The topological polar surface area (TPSA) is 83.6 Å². The molecule has 1 aliphatic rings. The minimum Gasteiger partial charge on any atom is -0.481 e. The number of aryl methyl sites for hydroxylation is 1. The summed E-state index contributed by atoms with van der Waals surface area (Å²) in [6, 6.07) is 9.52. The lowest BCUT2D eigenvalue weighted by atomic mass is 9.93. The van der Waals surface area contributed by atoms with E-state index in [2.05, 4.69) is 5.16 Å². The van der Waals surface area contributed by atoms with E-state index in [9.17, 15) is 9.59 Å². The summed E-state index contributed by atoms with van der Waals surface area (Å²) in [5.74, 6) is -0.598. The van der Waals surface area contributed by atoms with E-state index in [1.165, 1.54) is 0 Å². The maximum absolute atomic E-state index is 12.5. The average molecular weight is 328 g/mol. The fraction of sp³-hybridized carbons (Fsp3) is 0.389. The van der Waals surface area contributed by atoms with Crippen molar-refractivity contribution in [3.05, 3.63) is 41.7 Å². The Morgan fingerprint density at radius 2 is 1.92 bits per heavy atom. The highest BCUT2D eigenvalue weighted by Crippen LogP contribution is 2.24. The molecule has 0 unspecified atom stereocenters. The van der Waals surface area contributed by atoms with Crippen molar-refractivity contribution in [3.8, 4) is 11.3 Å². The third kappa shape index (κ3) is 3.64. The number of piperidine rings is 1. The summed E-state index contributed by atoms with van der Waals surface area (Å²) in [5.41, 5.74) is 2.70. The van der Waals surface area contributed by atoms with Gasteiger partial charge in [0.05, 0.1) is 0 Å². The number of aromatic nitrogens is 1. The minimum absolute atomic E-state index is 0.143. The summed E-state index contributed by atoms with van der Waals surface area (Å²) < 4.78 is 5.22. The quantitative estimate of drug-likeness (QED) is 0.933. The lowest BCUT2D eigenvalue weighted by molar-refractivity contribution is -0.138. The second-order valence-corrected chi connectivity index (χ2v) is 6.28. The molecule has 0 radical (unpaired) electrons. The number of amides is 1. The smallest absolute Gasteiger partial charge is 0.303 e. The molecule has 2 aromatic rings. The molecule has 1 fully saturated rings. The highest BCUT2D eigenvalue weighted by Gasteiger charge is 2.27. The summed E-state index contributed by atoms with van der Waals surface area (Å²) in [5, 5.41) is 12.8. The molecule has 0 atom stereocenters. The van der Waals surface area contributed by atoms with Crippen LogP contribution in [0.25, 0.3) is 11.3 Å². The van der Waals surface area contributed by atoms with Gasteiger partial charge in [0, 0.05) is 31.1 Å². The van der Waals surface area contributed by atoms with Gasteiger partial charge in [0.1, 0.15) is 5.69 Å². The molecule has 1 saturated heterocycles. The van der Waals surface area contributed by atoms with Gasteiger partial charge < -0.3 is 14.5 Å². The number of hydrogen-bond donors (Lipinski definition) is 1. The van der Waals surface area contributed by atoms with E-state index in [-0.39, 0.29) is 24.0 Å². The van der Waals surface area contributed by atoms with E-state index in [1.54, 1.807) is 11.0 Å². The van der Waals surface area contributed by atoms with Crippen LogP contribution < -0.4 is 0 Å². The second kappa shape index (κ2) is 6.86. The zero-order valence-corrected chi connectivity index (χ0v) is 13.6. The molecule has 24 heavy (non-hydrogen) atoms. The third-order valence-electron chi connectivity index (χ3n) is 4.43. The van der Waals surface area contributed by atoms with Gasteiger partial charge in [-0.15, -0.1) is 0 Å². The molecule has 1 aromatic carbocycles. The predicted octanol–water partition coefficient (Wildman–Crippen LogP) is 2.98. The molecule has 6 nitrogen and oxygen atoms in total. The van der Waals surface area contributed by atoms with Crippen molar-refractivity contribution in [2.45, 2.75) is 26.2 Å². The highest BCUT2D eigenvalue weighted by atomic mass is 16.5. The standard InChI is InChI=1S/C18H20N2O4/c1-12-2-4-14(5-3-12)15-11-16(24-19-15)18(23)20-8-6-13(7-9-20)10-17(21)22/h2-5,11,13H,6-10H2,1H3,(H,21,22). The van der Waals surface area contributed by atoms with E-state index in [4.69, 9.17) is 9.63 Å². The molecule has 1 N–H and O–H groups in total. The van der Waals surface area contributed by atoms with Crippen molar-refractivity contribution >= 4 is 11.9 Å². The van der Waals surface area contributed by atoms with Crippen LogP contribution in [-0.4, -0.2) is 40.1 Å². The molecule has 3 rings (SSSR count). The van der Waals surface area contributed by atoms with E-state index in [0.29, 0.717) is 31.6 Å². The molecule has 0 saturated carbocycles. The van der Waals surface area contributed by atoms with Gasteiger partial charge in [-0.05, 0) is 25.7 Å². The van der Waals surface area contributed by atoms with Crippen LogP contribution in [-0.2, 0) is 4.79 Å². The molecule has 1 aliphatic heterocycles. The van der Waals surface area contributed by atoms with Gasteiger partial charge in [-0.2, -0.15) is 0 Å². The largest absolute Gasteiger partial charge is 0.481 e. The highest BCUT2D eigenvalue weighted by molar-refractivity contribution is 5.92. The first kappa shape index (κ1) is 16.2. The first-order valence-electron chi connectivity index (χ1n) is 8.08. The number of benzene rings is 1. The zero-order chi connectivity index (χ0) is 17.1. The molecule has 0 spiro atoms. The molecule has 2 heterocycles. The Morgan fingerprint density at radius 1 is 1.25 bits per heavy atom. The molecule has 1 amide bonds. The Balaban J connectivity index is 1.64. The number of rotatable bonds is 4. The number of carboxylic acid groups (broad SMARTS) is 1. The van der Waals surface area contributed by atoms with Gasteiger partial charge in [-0.25, -0.2) is 0 Å². The first-order valence-corrected chi connectivity index (χ1v) is 8.08. The first-order chi connectivity index (χ1) is 11.5. The maximum Gasteiger partial charge on any atom is 0.303 e. The summed E-state index contributed by atoms with van der Waals surface area (Å²) in [4.78, 5) is 25.0. The van der Waals surface area contributed by atoms with Crippen LogP contribution in [0.5, 0.6) is 0 Å². The Morgan fingerprint density at radius 3 is 2.54 bits per heavy atom. The van der Waals surface area contributed by atoms with E-state index in [0.717, 1.165) is 11.1 Å². The predicted molar refractivity (Wildman–Crippen MR) is 87.6 cm³/mol. The number of carbonyl (C=O) groups is 2. The van der Waals surface area contributed by atoms with Gasteiger partial charge in [-0.3, -0.25) is 9.59 Å². The normalized spacial score (nSPS) is 15.5. The minimum atomic E-state index is -0.780. The van der Waals surface area contributed by atoms with Crippen molar-refractivity contribution in [3.63, 3.8) is 0 Å². The number of nitrogens with zero attached hydrogens (tertiary/aromatic N) is 2. The monoisotopic (exact) mass is 328 g/mol. The van der Waals surface area contributed by atoms with Crippen LogP contribution in [0.4, 0.5) is 0 Å². The fourth-order valence-electron chi connectivity index (χ4n) is 2.98. The Bertz CT molecular complexity index is 728. The molecule has 0 aliphatic carbocycles. The second-order valence-electron chi connectivity index (χ2n) is 6.28. The number of hydrogen-bond acceptors (Lipinski definition) is 4. The molecular formula is C18H20N2O4. The molecular weight excluding hydrogens is 308 g/mol. The summed E-state index contributed by atoms with van der Waals surface area (Å²) in [6.45, 7) is 3.12. The SMILES string of the molecule is Cc1ccc(-c2cc(C(=O)N3CCC(CC(=O)O)CC3)on2)cc1. The number of carbonyl (C=O) groups excluding carboxylic acids is 1. The Kier molecular flexibility index (Phi) is 4.64. The molecule has 1 aromatic heterocycles. The Labute approximate surface area is 140 Å². The fourth-order valence-corrected chi connectivity index (χ4v) is 2.98. The van der Waals surface area contributed by atoms with E-state index >= 15 is 0 Å². The molecule has 0 bridgehead atoms. The van der Waals surface area contributed by atoms with Crippen molar-refractivity contribution < 1.29 is 19.2 Å². The van der Waals surface area contributed by atoms with Crippen molar-refractivity contribution in [1.29, 1.82) is 0 Å². The maximum atomic E-state index is 12.5. The zero-order valence-electron chi connectivity index (χ0n) is 13.6. The van der Waals surface area contributed by atoms with Crippen LogP contribution in [0.2, 0.25) is 0 Å². The van der Waals surface area contributed by atoms with Gasteiger partial charge in [0.15, 0.2) is 0 Å². The van der Waals surface area contributed by atoms with Crippen LogP contribution in [0.3, 0.4) is 0 Å². The van der Waals surface area contributed by atoms with Crippen LogP contribution in [0.15, 0.2) is 34.9 Å². The molecule has 6 heteroatoms. The number of aliphatic carboxylic acids is 1. The van der Waals surface area contributed by atoms with Gasteiger partial charge in [-0.1, -0.05) is 35.0 Å². The van der Waals surface area contributed by atoms with Crippen molar-refractivity contribution in [1.82, 2.24) is 10.1 Å². The Hall–Kier alpha value is -2.63. The lowest BCUT2D eigenvalue weighted by Gasteiger charge is -2.30. The van der Waals surface area contributed by atoms with Gasteiger partial charge in [0.25, 0.3) is 5.91 Å². The van der Waals surface area contributed by atoms with Crippen LogP contribution in [0.1, 0.15) is 35.4 Å². The molecule has 126 valence electrons. The number of likely N-dealkylation sites (tertiary alicyclic amines) is 1. The van der Waals surface area contributed by atoms with Crippen molar-refractivity contribution in [2.75, 3.05) is 13.1 Å². The summed E-state index contributed by atoms with van der Waals surface area (Å²) in [7, 11) is 0. The average Bonchev–Trinajstić information content (AvgIpc) is 3.05. The van der Waals surface area contributed by atoms with E-state index in [1.807, 2.05) is 31.2 Å². The lowest BCUT2D eigenvalue weighted by Crippen LogP contribution is -2.38. The van der Waals surface area contributed by atoms with Crippen LogP contribution >= 0.6 is 0 Å². The van der Waals surface area contributed by atoms with Crippen molar-refractivity contribution in [2.24, 2.45) is 5.92 Å². The number of carboxylic acids is 1. The summed E-state index contributed by atoms with van der Waals surface area (Å²) in [6.07, 6.45) is 1.58.